The van der Waals surface area contributed by atoms with Gasteiger partial charge in [0.25, 0.3) is 5.56 Å². The second kappa shape index (κ2) is 9.51. The lowest BCUT2D eigenvalue weighted by molar-refractivity contribution is 0.134. The third-order valence-electron chi connectivity index (χ3n) is 6.18. The number of benzene rings is 2. The van der Waals surface area contributed by atoms with E-state index in [0.717, 1.165) is 25.7 Å². The second-order valence-corrected chi connectivity index (χ2v) is 9.10. The first-order valence-corrected chi connectivity index (χ1v) is 11.6. The van der Waals surface area contributed by atoms with Crippen molar-refractivity contribution in [3.05, 3.63) is 68.7 Å². The Kier molecular flexibility index (Phi) is 6.72. The summed E-state index contributed by atoms with van der Waals surface area (Å²) in [6.45, 7) is 1.93. The molecule has 3 aromatic rings. The molecule has 1 unspecified atom stereocenters. The molecule has 0 aliphatic heterocycles. The van der Waals surface area contributed by atoms with E-state index in [9.17, 15) is 9.59 Å². The van der Waals surface area contributed by atoms with Gasteiger partial charge in [-0.2, -0.15) is 0 Å². The predicted octanol–water partition coefficient (Wildman–Crippen LogP) is 6.17. The molecule has 0 saturated heterocycles. The number of amides is 2. The highest BCUT2D eigenvalue weighted by Gasteiger charge is 2.32. The minimum absolute atomic E-state index is 0.0601. The van der Waals surface area contributed by atoms with Crippen LogP contribution < -0.4 is 10.9 Å². The average Bonchev–Trinajstić information content (AvgIpc) is 2.79. The first-order valence-electron chi connectivity index (χ1n) is 10.9. The van der Waals surface area contributed by atoms with Crippen molar-refractivity contribution >= 4 is 45.8 Å². The molecule has 6 nitrogen and oxygen atoms in total. The van der Waals surface area contributed by atoms with E-state index in [1.807, 2.05) is 30.0 Å². The van der Waals surface area contributed by atoms with Gasteiger partial charge in [-0.05, 0) is 50.1 Å². The van der Waals surface area contributed by atoms with Crippen LogP contribution in [-0.2, 0) is 7.05 Å². The van der Waals surface area contributed by atoms with Crippen LogP contribution in [0.3, 0.4) is 0 Å². The van der Waals surface area contributed by atoms with E-state index in [-0.39, 0.29) is 17.6 Å². The van der Waals surface area contributed by atoms with Crippen molar-refractivity contribution in [2.75, 3.05) is 5.32 Å². The second-order valence-electron chi connectivity index (χ2n) is 8.29. The Balaban J connectivity index is 1.72. The molecule has 1 aromatic heterocycles. The standard InChI is InChI=1S/C24H26Cl2N4O2/c1-15(22-28-21-11-7-6-10-18(21)23(31)29(22)2)30(17-8-4-3-5-9-17)24(32)27-16-12-13-19(25)20(26)14-16/h6-7,10-15,17H,3-5,8-9H2,1-2H3,(H,27,32). The van der Waals surface area contributed by atoms with Gasteiger partial charge in [-0.3, -0.25) is 9.36 Å². The smallest absolute Gasteiger partial charge is 0.312 e. The SMILES string of the molecule is CC(c1nc2ccccc2c(=O)n1C)N(C(=O)Nc1ccc(Cl)c(Cl)c1)C1CCCCC1. The van der Waals surface area contributed by atoms with Crippen LogP contribution >= 0.6 is 23.2 Å². The molecule has 1 heterocycles. The number of rotatable bonds is 4. The van der Waals surface area contributed by atoms with Gasteiger partial charge in [0.15, 0.2) is 0 Å². The molecule has 2 amide bonds. The summed E-state index contributed by atoms with van der Waals surface area (Å²) in [6.07, 6.45) is 5.14. The maximum atomic E-state index is 13.5. The van der Waals surface area contributed by atoms with Gasteiger partial charge < -0.3 is 10.2 Å². The van der Waals surface area contributed by atoms with E-state index < -0.39 is 6.04 Å². The molecule has 168 valence electrons. The zero-order chi connectivity index (χ0) is 22.8. The number of para-hydroxylation sites is 1. The molecule has 1 atom stereocenters. The van der Waals surface area contributed by atoms with Crippen LogP contribution in [0.1, 0.15) is 50.9 Å². The lowest BCUT2D eigenvalue weighted by Crippen LogP contribution is -2.46. The van der Waals surface area contributed by atoms with Crippen LogP contribution in [0.4, 0.5) is 10.5 Å². The molecule has 0 radical (unpaired) electrons. The third kappa shape index (κ3) is 4.48. The Hall–Kier alpha value is -2.57. The Labute approximate surface area is 197 Å². The molecule has 0 spiro atoms. The number of carbonyl (C=O) groups excluding carboxylic acids is 1. The van der Waals surface area contributed by atoms with E-state index in [4.69, 9.17) is 28.2 Å². The van der Waals surface area contributed by atoms with Crippen molar-refractivity contribution in [3.8, 4) is 0 Å². The first-order chi connectivity index (χ1) is 15.4. The molecule has 32 heavy (non-hydrogen) atoms. The van der Waals surface area contributed by atoms with Gasteiger partial charge in [-0.15, -0.1) is 0 Å². The Morgan fingerprint density at radius 1 is 1.12 bits per heavy atom. The van der Waals surface area contributed by atoms with Gasteiger partial charge >= 0.3 is 6.03 Å². The summed E-state index contributed by atoms with van der Waals surface area (Å²) in [5, 5.41) is 4.33. The van der Waals surface area contributed by atoms with Crippen LogP contribution in [0.25, 0.3) is 10.9 Å². The van der Waals surface area contributed by atoms with Gasteiger partial charge in [0.2, 0.25) is 0 Å². The molecule has 1 fully saturated rings. The maximum absolute atomic E-state index is 13.5. The minimum Gasteiger partial charge on any atom is -0.312 e. The van der Waals surface area contributed by atoms with Crippen LogP contribution in [0.15, 0.2) is 47.3 Å². The molecule has 0 bridgehead atoms. The average molecular weight is 473 g/mol. The van der Waals surface area contributed by atoms with E-state index in [1.165, 1.54) is 6.42 Å². The van der Waals surface area contributed by atoms with Gasteiger partial charge in [0.05, 0.1) is 27.0 Å². The highest BCUT2D eigenvalue weighted by atomic mass is 35.5. The number of nitrogens with one attached hydrogen (secondary N) is 1. The zero-order valence-electron chi connectivity index (χ0n) is 18.1. The number of aromatic nitrogens is 2. The summed E-state index contributed by atoms with van der Waals surface area (Å²) in [5.74, 6) is 0.559. The summed E-state index contributed by atoms with van der Waals surface area (Å²) >= 11 is 12.1. The largest absolute Gasteiger partial charge is 0.322 e. The Morgan fingerprint density at radius 2 is 1.84 bits per heavy atom. The van der Waals surface area contributed by atoms with Gasteiger partial charge in [0, 0.05) is 18.8 Å². The number of carbonyl (C=O) groups is 1. The van der Waals surface area contributed by atoms with E-state index in [1.54, 1.807) is 35.9 Å². The fourth-order valence-electron chi connectivity index (χ4n) is 4.51. The monoisotopic (exact) mass is 472 g/mol. The highest BCUT2D eigenvalue weighted by Crippen LogP contribution is 2.31. The fraction of sp³-hybridized carbons (Fsp3) is 0.375. The van der Waals surface area contributed by atoms with Crippen molar-refractivity contribution in [3.63, 3.8) is 0 Å². The minimum atomic E-state index is -0.400. The van der Waals surface area contributed by atoms with E-state index >= 15 is 0 Å². The summed E-state index contributed by atoms with van der Waals surface area (Å²) in [7, 11) is 1.71. The molecule has 2 aromatic carbocycles. The third-order valence-corrected chi connectivity index (χ3v) is 6.92. The molecule has 1 N–H and O–H groups in total. The molecule has 1 saturated carbocycles. The number of anilines is 1. The van der Waals surface area contributed by atoms with Crippen molar-refractivity contribution in [1.82, 2.24) is 14.5 Å². The van der Waals surface area contributed by atoms with Crippen LogP contribution in [0.2, 0.25) is 10.0 Å². The number of hydrogen-bond donors (Lipinski definition) is 1. The number of halogens is 2. The topological polar surface area (TPSA) is 67.2 Å². The quantitative estimate of drug-likeness (QED) is 0.493. The predicted molar refractivity (Wildman–Crippen MR) is 130 cm³/mol. The van der Waals surface area contributed by atoms with Gasteiger partial charge in [-0.1, -0.05) is 54.6 Å². The van der Waals surface area contributed by atoms with E-state index in [0.29, 0.717) is 32.5 Å². The van der Waals surface area contributed by atoms with Crippen molar-refractivity contribution < 1.29 is 4.79 Å². The number of nitrogens with zero attached hydrogens (tertiary/aromatic N) is 3. The number of hydrogen-bond acceptors (Lipinski definition) is 3. The summed E-state index contributed by atoms with van der Waals surface area (Å²) < 4.78 is 1.55. The van der Waals surface area contributed by atoms with Gasteiger partial charge in [-0.25, -0.2) is 9.78 Å². The normalized spacial score (nSPS) is 15.5. The molecular formula is C24H26Cl2N4O2. The molecule has 8 heteroatoms. The van der Waals surface area contributed by atoms with Crippen molar-refractivity contribution in [1.29, 1.82) is 0 Å². The summed E-state index contributed by atoms with van der Waals surface area (Å²) in [6, 6.07) is 11.7. The first kappa shape index (κ1) is 22.6. The molecular weight excluding hydrogens is 447 g/mol. The van der Waals surface area contributed by atoms with Crippen LogP contribution in [0.5, 0.6) is 0 Å². The Bertz CT molecular complexity index is 1200. The van der Waals surface area contributed by atoms with Crippen LogP contribution in [-0.4, -0.2) is 26.5 Å². The highest BCUT2D eigenvalue weighted by molar-refractivity contribution is 6.42. The fourth-order valence-corrected chi connectivity index (χ4v) is 4.81. The zero-order valence-corrected chi connectivity index (χ0v) is 19.7. The van der Waals surface area contributed by atoms with Gasteiger partial charge in [0.1, 0.15) is 5.82 Å². The molecule has 4 rings (SSSR count). The number of fused-ring (bicyclic) bond motifs is 1. The molecule has 1 aliphatic rings. The van der Waals surface area contributed by atoms with E-state index in [2.05, 4.69) is 5.32 Å². The summed E-state index contributed by atoms with van der Waals surface area (Å²) in [5.41, 5.74) is 1.08. The van der Waals surface area contributed by atoms with Crippen molar-refractivity contribution in [2.45, 2.75) is 51.1 Å². The summed E-state index contributed by atoms with van der Waals surface area (Å²) in [4.78, 5) is 33.1. The lowest BCUT2D eigenvalue weighted by Gasteiger charge is -2.38. The molecule has 1 aliphatic carbocycles. The Morgan fingerprint density at radius 3 is 2.56 bits per heavy atom. The lowest BCUT2D eigenvalue weighted by atomic mass is 9.93. The maximum Gasteiger partial charge on any atom is 0.322 e. The van der Waals surface area contributed by atoms with Crippen molar-refractivity contribution in [2.24, 2.45) is 7.05 Å². The van der Waals surface area contributed by atoms with Crippen LogP contribution in [0, 0.1) is 0 Å². The number of urea groups is 1.